The van der Waals surface area contributed by atoms with E-state index in [0.717, 1.165) is 19.3 Å². The van der Waals surface area contributed by atoms with E-state index in [-0.39, 0.29) is 10.8 Å². The Kier molecular flexibility index (Phi) is 6.63. The van der Waals surface area contributed by atoms with Crippen molar-refractivity contribution in [1.82, 2.24) is 4.72 Å². The number of nitrogens with one attached hydrogen (secondary N) is 2. The number of hydrogen-bond acceptors (Lipinski definition) is 5. The van der Waals surface area contributed by atoms with Crippen molar-refractivity contribution in [3.63, 3.8) is 0 Å². The summed E-state index contributed by atoms with van der Waals surface area (Å²) in [7, 11) is -3.65. The van der Waals surface area contributed by atoms with E-state index < -0.39 is 10.0 Å². The van der Waals surface area contributed by atoms with Gasteiger partial charge in [0.25, 0.3) is 10.0 Å². The monoisotopic (exact) mass is 405 g/mol. The largest absolute Gasteiger partial charge is 0.326 e. The first-order valence-electron chi connectivity index (χ1n) is 9.01. The summed E-state index contributed by atoms with van der Waals surface area (Å²) in [5, 5.41) is 4.79. The van der Waals surface area contributed by atoms with E-state index in [1.54, 1.807) is 23.5 Å². The quantitative estimate of drug-likeness (QED) is 0.770. The molecular weight excluding hydrogens is 382 g/mol. The summed E-state index contributed by atoms with van der Waals surface area (Å²) < 4.78 is 27.6. The Labute approximate surface area is 163 Å². The highest BCUT2D eigenvalue weighted by molar-refractivity contribution is 7.90. The third-order valence-electron chi connectivity index (χ3n) is 4.25. The molecule has 27 heavy (non-hydrogen) atoms. The lowest BCUT2D eigenvalue weighted by Gasteiger charge is -2.10. The van der Waals surface area contributed by atoms with Gasteiger partial charge in [-0.15, -0.1) is 11.3 Å². The second-order valence-corrected chi connectivity index (χ2v) is 9.11. The Bertz CT molecular complexity index is 889. The van der Waals surface area contributed by atoms with E-state index >= 15 is 0 Å². The number of sulfonamides is 1. The molecule has 2 heterocycles. The Morgan fingerprint density at radius 3 is 2.67 bits per heavy atom. The number of rotatable bonds is 6. The van der Waals surface area contributed by atoms with E-state index in [1.165, 1.54) is 17.0 Å². The molecule has 1 aliphatic rings. The number of amidine groups is 1. The molecule has 0 fully saturated rings. The molecule has 0 aliphatic carbocycles. The number of benzene rings is 1. The number of aliphatic imine (C=N–C) groups is 1. The van der Waals surface area contributed by atoms with Crippen LogP contribution in [0.5, 0.6) is 0 Å². The van der Waals surface area contributed by atoms with Crippen LogP contribution in [0.15, 0.2) is 51.7 Å². The van der Waals surface area contributed by atoms with Crippen LogP contribution in [0.3, 0.4) is 0 Å². The molecule has 0 bridgehead atoms. The number of nitrogens with zero attached hydrogens (tertiary/aromatic N) is 1. The van der Waals surface area contributed by atoms with Crippen molar-refractivity contribution in [2.24, 2.45) is 4.99 Å². The number of thiophene rings is 1. The summed E-state index contributed by atoms with van der Waals surface area (Å²) in [5.74, 6) is 0.434. The molecule has 1 aromatic carbocycles. The molecule has 144 valence electrons. The standard InChI is InChI=1S/C19H23N3O3S2/c23-19(12-9-16-5-4-14-26-16)21-15-7-10-17(11-8-15)27(24,25)22-18-6-2-1-3-13-20-18/h4-5,7-8,10-11,14H,1-3,6,9,12-13H2,(H,20,22)(H,21,23). The maximum Gasteiger partial charge on any atom is 0.262 e. The summed E-state index contributed by atoms with van der Waals surface area (Å²) in [4.78, 5) is 17.7. The number of carbonyl (C=O) groups is 1. The smallest absolute Gasteiger partial charge is 0.262 e. The van der Waals surface area contributed by atoms with Gasteiger partial charge < -0.3 is 5.32 Å². The Balaban J connectivity index is 1.57. The second kappa shape index (κ2) is 9.14. The van der Waals surface area contributed by atoms with Crippen molar-refractivity contribution in [3.8, 4) is 0 Å². The Hall–Kier alpha value is -2.19. The average Bonchev–Trinajstić information content (AvgIpc) is 3.04. The number of anilines is 1. The van der Waals surface area contributed by atoms with Crippen LogP contribution in [-0.2, 0) is 21.2 Å². The molecule has 3 rings (SSSR count). The number of aryl methyl sites for hydroxylation is 1. The van der Waals surface area contributed by atoms with Gasteiger partial charge in [0.2, 0.25) is 5.91 Å². The molecule has 0 atom stereocenters. The van der Waals surface area contributed by atoms with Crippen LogP contribution in [0.25, 0.3) is 0 Å². The number of hydrogen-bond donors (Lipinski definition) is 2. The second-order valence-electron chi connectivity index (χ2n) is 6.40. The molecule has 0 radical (unpaired) electrons. The van der Waals surface area contributed by atoms with Gasteiger partial charge in [-0.3, -0.25) is 14.5 Å². The molecule has 1 aliphatic heterocycles. The first kappa shape index (κ1) is 19.6. The highest BCUT2D eigenvalue weighted by Gasteiger charge is 2.17. The first-order valence-corrected chi connectivity index (χ1v) is 11.4. The summed E-state index contributed by atoms with van der Waals surface area (Å²) >= 11 is 1.63. The molecule has 2 N–H and O–H groups in total. The van der Waals surface area contributed by atoms with Crippen molar-refractivity contribution in [3.05, 3.63) is 46.7 Å². The molecule has 8 heteroatoms. The molecule has 2 aromatic rings. The maximum atomic E-state index is 12.5. The molecule has 1 amide bonds. The summed E-state index contributed by atoms with van der Waals surface area (Å²) in [6, 6.07) is 10.2. The first-order chi connectivity index (χ1) is 13.0. The van der Waals surface area contributed by atoms with Crippen LogP contribution < -0.4 is 10.0 Å². The molecule has 6 nitrogen and oxygen atoms in total. The minimum Gasteiger partial charge on any atom is -0.326 e. The van der Waals surface area contributed by atoms with Crippen LogP contribution >= 0.6 is 11.3 Å². The van der Waals surface area contributed by atoms with E-state index in [2.05, 4.69) is 15.0 Å². The zero-order valence-corrected chi connectivity index (χ0v) is 16.6. The summed E-state index contributed by atoms with van der Waals surface area (Å²) in [6.07, 6.45) is 4.74. The molecular formula is C19H23N3O3S2. The summed E-state index contributed by atoms with van der Waals surface area (Å²) in [6.45, 7) is 0.661. The highest BCUT2D eigenvalue weighted by atomic mass is 32.2. The number of amides is 1. The highest BCUT2D eigenvalue weighted by Crippen LogP contribution is 2.16. The van der Waals surface area contributed by atoms with Crippen LogP contribution in [0, 0.1) is 0 Å². The van der Waals surface area contributed by atoms with E-state index in [9.17, 15) is 13.2 Å². The Morgan fingerprint density at radius 2 is 1.93 bits per heavy atom. The fraction of sp³-hybridized carbons (Fsp3) is 0.368. The molecule has 0 saturated carbocycles. The average molecular weight is 406 g/mol. The normalized spacial score (nSPS) is 14.9. The van der Waals surface area contributed by atoms with Crippen molar-refractivity contribution in [2.75, 3.05) is 11.9 Å². The van der Waals surface area contributed by atoms with E-state index in [0.29, 0.717) is 37.3 Å². The van der Waals surface area contributed by atoms with Crippen molar-refractivity contribution < 1.29 is 13.2 Å². The van der Waals surface area contributed by atoms with Gasteiger partial charge in [-0.05, 0) is 55.0 Å². The maximum absolute atomic E-state index is 12.5. The molecule has 0 saturated heterocycles. The fourth-order valence-corrected chi connectivity index (χ4v) is 4.60. The van der Waals surface area contributed by atoms with Gasteiger partial charge in [0.05, 0.1) is 4.90 Å². The van der Waals surface area contributed by atoms with Crippen molar-refractivity contribution in [1.29, 1.82) is 0 Å². The van der Waals surface area contributed by atoms with Crippen LogP contribution in [0.2, 0.25) is 0 Å². The van der Waals surface area contributed by atoms with Gasteiger partial charge in [0.15, 0.2) is 0 Å². The minimum absolute atomic E-state index is 0.0926. The molecule has 0 spiro atoms. The van der Waals surface area contributed by atoms with Crippen LogP contribution in [0.4, 0.5) is 5.69 Å². The SMILES string of the molecule is O=C(CCc1cccs1)Nc1ccc(S(=O)(=O)NC2=NCCCCC2)cc1. The summed E-state index contributed by atoms with van der Waals surface area (Å²) in [5.41, 5.74) is 0.580. The van der Waals surface area contributed by atoms with Gasteiger partial charge in [-0.2, -0.15) is 0 Å². The van der Waals surface area contributed by atoms with Crippen molar-refractivity contribution in [2.45, 2.75) is 43.4 Å². The lowest BCUT2D eigenvalue weighted by molar-refractivity contribution is -0.116. The van der Waals surface area contributed by atoms with Crippen LogP contribution in [-0.4, -0.2) is 26.7 Å². The predicted octanol–water partition coefficient (Wildman–Crippen LogP) is 3.57. The molecule has 1 aromatic heterocycles. The van der Waals surface area contributed by atoms with E-state index in [4.69, 9.17) is 0 Å². The van der Waals surface area contributed by atoms with E-state index in [1.807, 2.05) is 17.5 Å². The minimum atomic E-state index is -3.65. The topological polar surface area (TPSA) is 87.6 Å². The lowest BCUT2D eigenvalue weighted by Crippen LogP contribution is -2.30. The Morgan fingerprint density at radius 1 is 1.11 bits per heavy atom. The van der Waals surface area contributed by atoms with Gasteiger partial charge in [-0.1, -0.05) is 12.5 Å². The van der Waals surface area contributed by atoms with Gasteiger partial charge in [-0.25, -0.2) is 8.42 Å². The number of carbonyl (C=O) groups excluding carboxylic acids is 1. The third-order valence-corrected chi connectivity index (χ3v) is 6.59. The predicted molar refractivity (Wildman–Crippen MR) is 109 cm³/mol. The van der Waals surface area contributed by atoms with Crippen LogP contribution in [0.1, 0.15) is 37.0 Å². The zero-order chi connectivity index (χ0) is 19.1. The molecule has 0 unspecified atom stereocenters. The van der Waals surface area contributed by atoms with Gasteiger partial charge in [0.1, 0.15) is 5.84 Å². The fourth-order valence-electron chi connectivity index (χ4n) is 2.80. The third kappa shape index (κ3) is 5.90. The van der Waals surface area contributed by atoms with Gasteiger partial charge in [0, 0.05) is 30.0 Å². The zero-order valence-electron chi connectivity index (χ0n) is 15.0. The lowest BCUT2D eigenvalue weighted by atomic mass is 10.2. The van der Waals surface area contributed by atoms with Gasteiger partial charge >= 0.3 is 0 Å². The van der Waals surface area contributed by atoms with Crippen molar-refractivity contribution >= 4 is 38.8 Å².